The van der Waals surface area contributed by atoms with Crippen molar-refractivity contribution < 1.29 is 4.79 Å². The molecular weight excluding hydrogens is 280 g/mol. The summed E-state index contributed by atoms with van der Waals surface area (Å²) >= 11 is 0. The van der Waals surface area contributed by atoms with Gasteiger partial charge >= 0.3 is 0 Å². The van der Waals surface area contributed by atoms with Crippen molar-refractivity contribution in [3.05, 3.63) is 52.0 Å². The van der Waals surface area contributed by atoms with Crippen molar-refractivity contribution in [1.82, 2.24) is 19.4 Å². The summed E-state index contributed by atoms with van der Waals surface area (Å²) in [6, 6.07) is 3.67. The first-order chi connectivity index (χ1) is 10.6. The van der Waals surface area contributed by atoms with Crippen LogP contribution < -0.4 is 10.9 Å². The van der Waals surface area contributed by atoms with Gasteiger partial charge in [0.1, 0.15) is 0 Å². The second kappa shape index (κ2) is 5.79. The predicted molar refractivity (Wildman–Crippen MR) is 82.3 cm³/mol. The molecule has 0 aliphatic carbocycles. The van der Waals surface area contributed by atoms with Gasteiger partial charge < -0.3 is 14.5 Å². The molecule has 6 nitrogen and oxygen atoms in total. The van der Waals surface area contributed by atoms with Gasteiger partial charge in [-0.05, 0) is 25.8 Å². The molecule has 1 unspecified atom stereocenters. The SMILES string of the molecule is Cc1ccc(CNC(=O)C2CCc3cncn3C2)c(=O)n1C. The fraction of sp³-hybridized carbons (Fsp3) is 0.438. The van der Waals surface area contributed by atoms with Crippen LogP contribution in [0.1, 0.15) is 23.4 Å². The van der Waals surface area contributed by atoms with E-state index >= 15 is 0 Å². The minimum absolute atomic E-state index is 0.00183. The zero-order valence-corrected chi connectivity index (χ0v) is 12.9. The lowest BCUT2D eigenvalue weighted by molar-refractivity contribution is -0.126. The topological polar surface area (TPSA) is 68.9 Å². The molecule has 0 saturated heterocycles. The Morgan fingerprint density at radius 1 is 1.45 bits per heavy atom. The summed E-state index contributed by atoms with van der Waals surface area (Å²) < 4.78 is 3.62. The molecule has 22 heavy (non-hydrogen) atoms. The molecule has 3 rings (SSSR count). The maximum atomic E-state index is 12.3. The van der Waals surface area contributed by atoms with Gasteiger partial charge in [0.25, 0.3) is 5.56 Å². The Morgan fingerprint density at radius 2 is 2.27 bits per heavy atom. The van der Waals surface area contributed by atoms with E-state index in [1.807, 2.05) is 23.8 Å². The monoisotopic (exact) mass is 300 g/mol. The Kier molecular flexibility index (Phi) is 3.83. The van der Waals surface area contributed by atoms with Crippen molar-refractivity contribution in [3.63, 3.8) is 0 Å². The Hall–Kier alpha value is -2.37. The number of rotatable bonds is 3. The van der Waals surface area contributed by atoms with Crippen molar-refractivity contribution >= 4 is 5.91 Å². The third kappa shape index (κ3) is 2.68. The fourth-order valence-electron chi connectivity index (χ4n) is 2.83. The lowest BCUT2D eigenvalue weighted by Crippen LogP contribution is -2.37. The van der Waals surface area contributed by atoms with Gasteiger partial charge in [0.15, 0.2) is 0 Å². The van der Waals surface area contributed by atoms with E-state index in [9.17, 15) is 9.59 Å². The second-order valence-electron chi connectivity index (χ2n) is 5.85. The van der Waals surface area contributed by atoms with E-state index in [1.54, 1.807) is 24.0 Å². The summed E-state index contributed by atoms with van der Waals surface area (Å²) in [6.07, 6.45) is 5.31. The number of aryl methyl sites for hydroxylation is 2. The molecule has 1 N–H and O–H groups in total. The molecule has 1 aliphatic rings. The first-order valence-corrected chi connectivity index (χ1v) is 7.48. The van der Waals surface area contributed by atoms with E-state index in [0.29, 0.717) is 12.1 Å². The highest BCUT2D eigenvalue weighted by Gasteiger charge is 2.24. The summed E-state index contributed by atoms with van der Waals surface area (Å²) in [5.41, 5.74) is 2.64. The maximum absolute atomic E-state index is 12.3. The predicted octanol–water partition coefficient (Wildman–Crippen LogP) is 0.769. The van der Waals surface area contributed by atoms with Crippen LogP contribution in [0.3, 0.4) is 0 Å². The highest BCUT2D eigenvalue weighted by Crippen LogP contribution is 2.19. The number of pyridine rings is 1. The summed E-state index contributed by atoms with van der Waals surface area (Å²) in [6.45, 7) is 2.82. The van der Waals surface area contributed by atoms with E-state index in [4.69, 9.17) is 0 Å². The number of imidazole rings is 1. The molecule has 0 radical (unpaired) electrons. The summed E-state index contributed by atoms with van der Waals surface area (Å²) in [4.78, 5) is 28.5. The highest BCUT2D eigenvalue weighted by atomic mass is 16.2. The zero-order chi connectivity index (χ0) is 15.7. The molecule has 0 spiro atoms. The van der Waals surface area contributed by atoms with Gasteiger partial charge in [0, 0.05) is 43.3 Å². The van der Waals surface area contributed by atoms with E-state index in [2.05, 4.69) is 10.3 Å². The lowest BCUT2D eigenvalue weighted by atomic mass is 9.97. The number of nitrogens with zero attached hydrogens (tertiary/aromatic N) is 3. The van der Waals surface area contributed by atoms with Crippen molar-refractivity contribution in [2.75, 3.05) is 0 Å². The molecule has 2 aromatic rings. The summed E-state index contributed by atoms with van der Waals surface area (Å²) in [5.74, 6) is -0.0574. The van der Waals surface area contributed by atoms with E-state index in [-0.39, 0.29) is 23.9 Å². The molecular formula is C16H20N4O2. The molecule has 0 saturated carbocycles. The fourth-order valence-corrected chi connectivity index (χ4v) is 2.83. The summed E-state index contributed by atoms with van der Waals surface area (Å²) in [7, 11) is 1.74. The molecule has 6 heteroatoms. The minimum Gasteiger partial charge on any atom is -0.352 e. The van der Waals surface area contributed by atoms with Crippen LogP contribution in [0.2, 0.25) is 0 Å². The summed E-state index contributed by atoms with van der Waals surface area (Å²) in [5, 5.41) is 2.89. The van der Waals surface area contributed by atoms with Crippen LogP contribution in [0.5, 0.6) is 0 Å². The smallest absolute Gasteiger partial charge is 0.255 e. The maximum Gasteiger partial charge on any atom is 0.255 e. The average molecular weight is 300 g/mol. The van der Waals surface area contributed by atoms with Gasteiger partial charge in [-0.3, -0.25) is 9.59 Å². The van der Waals surface area contributed by atoms with Crippen LogP contribution in [0.4, 0.5) is 0 Å². The zero-order valence-electron chi connectivity index (χ0n) is 12.9. The van der Waals surface area contributed by atoms with Crippen LogP contribution in [0.15, 0.2) is 29.5 Å². The number of nitrogens with one attached hydrogen (secondary N) is 1. The number of carbonyl (C=O) groups excluding carboxylic acids is 1. The Labute approximate surface area is 128 Å². The molecule has 116 valence electrons. The Bertz CT molecular complexity index is 760. The standard InChI is InChI=1S/C16H20N4O2/c1-11-3-4-12(16(22)19(11)2)7-18-15(21)13-5-6-14-8-17-10-20(14)9-13/h3-4,8,10,13H,5-7,9H2,1-2H3,(H,18,21). The van der Waals surface area contributed by atoms with Crippen LogP contribution in [0, 0.1) is 12.8 Å². The third-order valence-electron chi connectivity index (χ3n) is 4.42. The van der Waals surface area contributed by atoms with E-state index < -0.39 is 0 Å². The van der Waals surface area contributed by atoms with Gasteiger partial charge in [-0.15, -0.1) is 0 Å². The van der Waals surface area contributed by atoms with Crippen molar-refractivity contribution in [3.8, 4) is 0 Å². The van der Waals surface area contributed by atoms with Gasteiger partial charge in [-0.2, -0.15) is 0 Å². The van der Waals surface area contributed by atoms with E-state index in [1.165, 1.54) is 5.69 Å². The largest absolute Gasteiger partial charge is 0.352 e. The molecule has 3 heterocycles. The number of hydrogen-bond acceptors (Lipinski definition) is 3. The molecule has 1 atom stereocenters. The molecule has 1 amide bonds. The Balaban J connectivity index is 1.64. The van der Waals surface area contributed by atoms with Crippen LogP contribution >= 0.6 is 0 Å². The van der Waals surface area contributed by atoms with Crippen LogP contribution in [0.25, 0.3) is 0 Å². The molecule has 0 aromatic carbocycles. The van der Waals surface area contributed by atoms with Gasteiger partial charge in [0.05, 0.1) is 12.2 Å². The Morgan fingerprint density at radius 3 is 3.09 bits per heavy atom. The highest BCUT2D eigenvalue weighted by molar-refractivity contribution is 5.78. The minimum atomic E-state index is -0.0593. The molecule has 1 aliphatic heterocycles. The average Bonchev–Trinajstić information content (AvgIpc) is 2.99. The molecule has 2 aromatic heterocycles. The van der Waals surface area contributed by atoms with Gasteiger partial charge in [0.2, 0.25) is 5.91 Å². The van der Waals surface area contributed by atoms with Crippen molar-refractivity contribution in [2.45, 2.75) is 32.9 Å². The van der Waals surface area contributed by atoms with Gasteiger partial charge in [-0.25, -0.2) is 4.98 Å². The number of fused-ring (bicyclic) bond motifs is 1. The first-order valence-electron chi connectivity index (χ1n) is 7.48. The number of amides is 1. The molecule has 0 bridgehead atoms. The normalized spacial score (nSPS) is 17.1. The lowest BCUT2D eigenvalue weighted by Gasteiger charge is -2.23. The van der Waals surface area contributed by atoms with E-state index in [0.717, 1.165) is 18.5 Å². The number of carbonyl (C=O) groups is 1. The number of aromatic nitrogens is 3. The second-order valence-corrected chi connectivity index (χ2v) is 5.85. The molecule has 0 fully saturated rings. The van der Waals surface area contributed by atoms with Crippen molar-refractivity contribution in [2.24, 2.45) is 13.0 Å². The number of hydrogen-bond donors (Lipinski definition) is 1. The van der Waals surface area contributed by atoms with Gasteiger partial charge in [-0.1, -0.05) is 6.07 Å². The first kappa shape index (κ1) is 14.6. The van der Waals surface area contributed by atoms with Crippen molar-refractivity contribution in [1.29, 1.82) is 0 Å². The third-order valence-corrected chi connectivity index (χ3v) is 4.42. The van der Waals surface area contributed by atoms with Crippen LogP contribution in [-0.2, 0) is 31.4 Å². The quantitative estimate of drug-likeness (QED) is 0.910. The van der Waals surface area contributed by atoms with Crippen LogP contribution in [-0.4, -0.2) is 20.0 Å².